The minimum atomic E-state index is -0.0995. The number of hydrogen-bond acceptors (Lipinski definition) is 1. The minimum absolute atomic E-state index is 0.0995. The number of para-hydroxylation sites is 1. The summed E-state index contributed by atoms with van der Waals surface area (Å²) in [5.41, 5.74) is 4.32. The van der Waals surface area contributed by atoms with Gasteiger partial charge in [0.1, 0.15) is 0 Å². The van der Waals surface area contributed by atoms with Gasteiger partial charge in [0.25, 0.3) is 5.91 Å². The summed E-state index contributed by atoms with van der Waals surface area (Å²) in [5, 5.41) is 4.57. The van der Waals surface area contributed by atoms with Gasteiger partial charge in [-0.05, 0) is 30.3 Å². The molecule has 0 saturated heterocycles. The molecule has 3 aromatic rings. The molecule has 2 aromatic carbocycles. The second-order valence-electron chi connectivity index (χ2n) is 4.99. The maximum absolute atomic E-state index is 12.2. The molecule has 2 heterocycles. The molecule has 1 aromatic heterocycles. The molecule has 102 valence electrons. The average Bonchev–Trinajstić information content (AvgIpc) is 3.02. The van der Waals surface area contributed by atoms with Crippen molar-refractivity contribution in [1.29, 1.82) is 0 Å². The van der Waals surface area contributed by atoms with Crippen molar-refractivity contribution >= 4 is 45.7 Å². The molecule has 0 bridgehead atoms. The molecule has 1 amide bonds. The first-order chi connectivity index (χ1) is 10.2. The number of amides is 1. The lowest BCUT2D eigenvalue weighted by molar-refractivity contribution is -0.110. The number of aromatic amines is 1. The lowest BCUT2D eigenvalue weighted by Gasteiger charge is -1.99. The van der Waals surface area contributed by atoms with Crippen molar-refractivity contribution in [2.45, 2.75) is 0 Å². The molecule has 0 fully saturated rings. The number of H-pyrrole nitrogens is 1. The number of rotatable bonds is 1. The lowest BCUT2D eigenvalue weighted by Crippen LogP contribution is -2.03. The largest absolute Gasteiger partial charge is 0.361 e. The van der Waals surface area contributed by atoms with Gasteiger partial charge in [0.15, 0.2) is 0 Å². The highest BCUT2D eigenvalue weighted by molar-refractivity contribution is 6.37. The molecule has 3 nitrogen and oxygen atoms in total. The van der Waals surface area contributed by atoms with Crippen molar-refractivity contribution in [2.24, 2.45) is 0 Å². The molecule has 0 unspecified atom stereocenters. The first-order valence-corrected chi connectivity index (χ1v) is 6.99. The number of carbonyl (C=O) groups is 1. The van der Waals surface area contributed by atoms with Crippen LogP contribution >= 0.6 is 11.6 Å². The third-order valence-electron chi connectivity index (χ3n) is 3.69. The summed E-state index contributed by atoms with van der Waals surface area (Å²) in [6.45, 7) is 0. The Morgan fingerprint density at radius 1 is 1.10 bits per heavy atom. The second kappa shape index (κ2) is 4.50. The Morgan fingerprint density at radius 2 is 1.95 bits per heavy atom. The Kier molecular flexibility index (Phi) is 2.62. The summed E-state index contributed by atoms with van der Waals surface area (Å²) in [5.74, 6) is -0.0995. The Hall–Kier alpha value is -2.52. The van der Waals surface area contributed by atoms with E-state index in [0.29, 0.717) is 10.6 Å². The molecule has 0 spiro atoms. The van der Waals surface area contributed by atoms with E-state index in [1.54, 1.807) is 6.07 Å². The van der Waals surface area contributed by atoms with Crippen LogP contribution < -0.4 is 5.32 Å². The zero-order chi connectivity index (χ0) is 14.4. The summed E-state index contributed by atoms with van der Waals surface area (Å²) < 4.78 is 0. The Balaban J connectivity index is 1.90. The molecule has 4 rings (SSSR count). The number of aromatic nitrogens is 1. The molecule has 0 atom stereocenters. The number of halogens is 1. The topological polar surface area (TPSA) is 44.9 Å². The smallest absolute Gasteiger partial charge is 0.256 e. The normalized spacial score (nSPS) is 15.5. The lowest BCUT2D eigenvalue weighted by atomic mass is 10.0. The molecular weight excluding hydrogens is 284 g/mol. The van der Waals surface area contributed by atoms with Gasteiger partial charge in [-0.15, -0.1) is 0 Å². The average molecular weight is 295 g/mol. The highest BCUT2D eigenvalue weighted by Gasteiger charge is 2.24. The van der Waals surface area contributed by atoms with Crippen molar-refractivity contribution in [1.82, 2.24) is 4.98 Å². The molecule has 1 aliphatic heterocycles. The van der Waals surface area contributed by atoms with Gasteiger partial charge in [0, 0.05) is 44.5 Å². The van der Waals surface area contributed by atoms with Gasteiger partial charge < -0.3 is 10.3 Å². The van der Waals surface area contributed by atoms with Crippen LogP contribution in [0.3, 0.4) is 0 Å². The first kappa shape index (κ1) is 12.2. The van der Waals surface area contributed by atoms with Gasteiger partial charge in [-0.3, -0.25) is 4.79 Å². The SMILES string of the molecule is O=C1Nc2ccc(Cl)cc2/C1=C/c1c[nH]c2ccccc12. The summed E-state index contributed by atoms with van der Waals surface area (Å²) in [4.78, 5) is 15.4. The van der Waals surface area contributed by atoms with E-state index in [1.807, 2.05) is 48.7 Å². The number of benzene rings is 2. The van der Waals surface area contributed by atoms with Gasteiger partial charge in [-0.1, -0.05) is 29.8 Å². The Morgan fingerprint density at radius 3 is 2.86 bits per heavy atom. The van der Waals surface area contributed by atoms with Crippen LogP contribution in [0.15, 0.2) is 48.7 Å². The van der Waals surface area contributed by atoms with E-state index < -0.39 is 0 Å². The fraction of sp³-hybridized carbons (Fsp3) is 0. The predicted molar refractivity (Wildman–Crippen MR) is 86.3 cm³/mol. The number of carbonyl (C=O) groups excluding carboxylic acids is 1. The van der Waals surface area contributed by atoms with Gasteiger partial charge >= 0.3 is 0 Å². The molecule has 2 N–H and O–H groups in total. The predicted octanol–water partition coefficient (Wildman–Crippen LogP) is 4.31. The zero-order valence-corrected chi connectivity index (χ0v) is 11.7. The van der Waals surface area contributed by atoms with Crippen LogP contribution in [0.4, 0.5) is 5.69 Å². The summed E-state index contributed by atoms with van der Waals surface area (Å²) in [7, 11) is 0. The van der Waals surface area contributed by atoms with E-state index in [9.17, 15) is 4.79 Å². The van der Waals surface area contributed by atoms with E-state index in [4.69, 9.17) is 11.6 Å². The first-order valence-electron chi connectivity index (χ1n) is 6.61. The van der Waals surface area contributed by atoms with Crippen molar-refractivity contribution in [3.05, 3.63) is 64.8 Å². The monoisotopic (exact) mass is 294 g/mol. The standard InChI is InChI=1S/C17H11ClN2O/c18-11-5-6-16-13(8-11)14(17(21)20-16)7-10-9-19-15-4-2-1-3-12(10)15/h1-9,19H,(H,20,21)/b14-7-. The Labute approximate surface area is 126 Å². The number of fused-ring (bicyclic) bond motifs is 2. The highest BCUT2D eigenvalue weighted by atomic mass is 35.5. The molecule has 4 heteroatoms. The van der Waals surface area contributed by atoms with Crippen molar-refractivity contribution in [3.63, 3.8) is 0 Å². The van der Waals surface area contributed by atoms with E-state index in [-0.39, 0.29) is 5.91 Å². The van der Waals surface area contributed by atoms with E-state index in [0.717, 1.165) is 27.7 Å². The van der Waals surface area contributed by atoms with Crippen LogP contribution in [0.1, 0.15) is 11.1 Å². The van der Waals surface area contributed by atoms with Gasteiger partial charge in [-0.25, -0.2) is 0 Å². The molecule has 1 aliphatic rings. The number of nitrogens with one attached hydrogen (secondary N) is 2. The van der Waals surface area contributed by atoms with Crippen LogP contribution in [-0.4, -0.2) is 10.9 Å². The van der Waals surface area contributed by atoms with Crippen LogP contribution in [-0.2, 0) is 4.79 Å². The Bertz CT molecular complexity index is 908. The molecule has 21 heavy (non-hydrogen) atoms. The van der Waals surface area contributed by atoms with Crippen LogP contribution in [0.5, 0.6) is 0 Å². The zero-order valence-electron chi connectivity index (χ0n) is 11.0. The van der Waals surface area contributed by atoms with E-state index in [1.165, 1.54) is 0 Å². The van der Waals surface area contributed by atoms with Crippen molar-refractivity contribution in [3.8, 4) is 0 Å². The second-order valence-corrected chi connectivity index (χ2v) is 5.43. The molecule has 0 radical (unpaired) electrons. The highest BCUT2D eigenvalue weighted by Crippen LogP contribution is 2.35. The summed E-state index contributed by atoms with van der Waals surface area (Å²) in [6.07, 6.45) is 3.81. The maximum Gasteiger partial charge on any atom is 0.256 e. The van der Waals surface area contributed by atoms with Gasteiger partial charge in [-0.2, -0.15) is 0 Å². The quantitative estimate of drug-likeness (QED) is 0.645. The third kappa shape index (κ3) is 1.94. The van der Waals surface area contributed by atoms with Gasteiger partial charge in [0.05, 0.1) is 0 Å². The van der Waals surface area contributed by atoms with Crippen molar-refractivity contribution in [2.75, 3.05) is 5.32 Å². The van der Waals surface area contributed by atoms with Crippen LogP contribution in [0.25, 0.3) is 22.6 Å². The number of hydrogen-bond donors (Lipinski definition) is 2. The van der Waals surface area contributed by atoms with Gasteiger partial charge in [0.2, 0.25) is 0 Å². The molecular formula is C17H11ClN2O. The minimum Gasteiger partial charge on any atom is -0.361 e. The fourth-order valence-corrected chi connectivity index (χ4v) is 2.84. The van der Waals surface area contributed by atoms with E-state index >= 15 is 0 Å². The number of anilines is 1. The maximum atomic E-state index is 12.2. The molecule has 0 aliphatic carbocycles. The van der Waals surface area contributed by atoms with E-state index in [2.05, 4.69) is 10.3 Å². The third-order valence-corrected chi connectivity index (χ3v) is 3.92. The molecule has 0 saturated carbocycles. The van der Waals surface area contributed by atoms with Crippen LogP contribution in [0.2, 0.25) is 5.02 Å². The van der Waals surface area contributed by atoms with Crippen LogP contribution in [0, 0.1) is 0 Å². The van der Waals surface area contributed by atoms with Crippen molar-refractivity contribution < 1.29 is 4.79 Å². The fourth-order valence-electron chi connectivity index (χ4n) is 2.67. The summed E-state index contributed by atoms with van der Waals surface area (Å²) >= 11 is 6.04. The summed E-state index contributed by atoms with van der Waals surface area (Å²) in [6, 6.07) is 13.4.